The van der Waals surface area contributed by atoms with Crippen molar-refractivity contribution in [2.75, 3.05) is 7.05 Å². The number of fused-ring (bicyclic) bond motifs is 1. The SMILES string of the molecule is CN(C1CCCCC1)C(C(=O)O)c1c[nH]c2ccccc12. The average molecular weight is 286 g/mol. The first kappa shape index (κ1) is 14.1. The van der Waals surface area contributed by atoms with E-state index < -0.39 is 12.0 Å². The maximum Gasteiger partial charge on any atom is 0.325 e. The van der Waals surface area contributed by atoms with Crippen LogP contribution < -0.4 is 0 Å². The number of carboxylic acid groups (broad SMARTS) is 1. The van der Waals surface area contributed by atoms with Gasteiger partial charge in [0.25, 0.3) is 0 Å². The van der Waals surface area contributed by atoms with E-state index in [9.17, 15) is 9.90 Å². The van der Waals surface area contributed by atoms with E-state index in [1.807, 2.05) is 37.5 Å². The van der Waals surface area contributed by atoms with E-state index in [1.54, 1.807) is 0 Å². The molecule has 4 heteroatoms. The number of aromatic amines is 1. The summed E-state index contributed by atoms with van der Waals surface area (Å²) in [6, 6.07) is 7.69. The van der Waals surface area contributed by atoms with Gasteiger partial charge in [0.2, 0.25) is 0 Å². The number of aliphatic carboxylic acids is 1. The molecule has 1 fully saturated rings. The molecule has 1 atom stereocenters. The molecule has 4 nitrogen and oxygen atoms in total. The summed E-state index contributed by atoms with van der Waals surface area (Å²) < 4.78 is 0. The maximum absolute atomic E-state index is 11.9. The number of rotatable bonds is 4. The second kappa shape index (κ2) is 5.90. The van der Waals surface area contributed by atoms with Gasteiger partial charge in [-0.15, -0.1) is 0 Å². The Morgan fingerprint density at radius 2 is 2.00 bits per heavy atom. The third-order valence-electron chi connectivity index (χ3n) is 4.71. The lowest BCUT2D eigenvalue weighted by Crippen LogP contribution is -2.40. The highest BCUT2D eigenvalue weighted by atomic mass is 16.4. The van der Waals surface area contributed by atoms with Gasteiger partial charge in [-0.05, 0) is 26.0 Å². The van der Waals surface area contributed by atoms with E-state index in [2.05, 4.69) is 9.88 Å². The monoisotopic (exact) mass is 286 g/mol. The number of para-hydroxylation sites is 1. The minimum absolute atomic E-state index is 0.369. The lowest BCUT2D eigenvalue weighted by molar-refractivity contribution is -0.144. The minimum atomic E-state index is -0.771. The number of likely N-dealkylation sites (N-methyl/N-ethyl adjacent to an activating group) is 1. The Balaban J connectivity index is 1.95. The Hall–Kier alpha value is -1.81. The fourth-order valence-corrected chi connectivity index (χ4v) is 3.55. The van der Waals surface area contributed by atoms with Gasteiger partial charge in [0.1, 0.15) is 6.04 Å². The number of nitrogens with one attached hydrogen (secondary N) is 1. The number of carbonyl (C=O) groups is 1. The van der Waals surface area contributed by atoms with Gasteiger partial charge in [-0.3, -0.25) is 9.69 Å². The first-order chi connectivity index (χ1) is 10.2. The minimum Gasteiger partial charge on any atom is -0.480 e. The molecule has 21 heavy (non-hydrogen) atoms. The van der Waals surface area contributed by atoms with Crippen molar-refractivity contribution in [3.8, 4) is 0 Å². The molecular weight excluding hydrogens is 264 g/mol. The van der Waals surface area contributed by atoms with Crippen molar-refractivity contribution in [2.24, 2.45) is 0 Å². The molecule has 1 aliphatic rings. The Bertz CT molecular complexity index is 629. The Labute approximate surface area is 124 Å². The fraction of sp³-hybridized carbons (Fsp3) is 0.471. The second-order valence-electron chi connectivity index (χ2n) is 5.99. The van der Waals surface area contributed by atoms with Crippen LogP contribution in [0.5, 0.6) is 0 Å². The first-order valence-electron chi connectivity index (χ1n) is 7.69. The van der Waals surface area contributed by atoms with Gasteiger partial charge in [-0.25, -0.2) is 0 Å². The van der Waals surface area contributed by atoms with Crippen LogP contribution in [0, 0.1) is 0 Å². The largest absolute Gasteiger partial charge is 0.480 e. The number of H-pyrrole nitrogens is 1. The highest BCUT2D eigenvalue weighted by molar-refractivity contribution is 5.89. The van der Waals surface area contributed by atoms with Gasteiger partial charge in [0, 0.05) is 28.7 Å². The molecule has 0 radical (unpaired) electrons. The molecule has 1 saturated carbocycles. The molecule has 1 unspecified atom stereocenters. The van der Waals surface area contributed by atoms with Gasteiger partial charge in [0.05, 0.1) is 0 Å². The van der Waals surface area contributed by atoms with Crippen LogP contribution in [0.1, 0.15) is 43.7 Å². The molecule has 0 bridgehead atoms. The number of hydrogen-bond donors (Lipinski definition) is 2. The third-order valence-corrected chi connectivity index (χ3v) is 4.71. The Morgan fingerprint density at radius 3 is 2.71 bits per heavy atom. The summed E-state index contributed by atoms with van der Waals surface area (Å²) in [7, 11) is 1.95. The van der Waals surface area contributed by atoms with E-state index in [-0.39, 0.29) is 0 Å². The zero-order chi connectivity index (χ0) is 14.8. The number of hydrogen-bond acceptors (Lipinski definition) is 2. The number of benzene rings is 1. The zero-order valence-corrected chi connectivity index (χ0v) is 12.4. The van der Waals surface area contributed by atoms with Crippen molar-refractivity contribution in [2.45, 2.75) is 44.2 Å². The normalized spacial score (nSPS) is 18.2. The quantitative estimate of drug-likeness (QED) is 0.903. The van der Waals surface area contributed by atoms with Crippen molar-refractivity contribution in [3.63, 3.8) is 0 Å². The van der Waals surface area contributed by atoms with E-state index in [0.29, 0.717) is 6.04 Å². The molecule has 112 valence electrons. The molecule has 1 heterocycles. The predicted molar refractivity (Wildman–Crippen MR) is 83.3 cm³/mol. The highest BCUT2D eigenvalue weighted by Crippen LogP contribution is 2.32. The number of carboxylic acids is 1. The molecule has 1 aromatic heterocycles. The average Bonchev–Trinajstić information content (AvgIpc) is 2.92. The smallest absolute Gasteiger partial charge is 0.325 e. The van der Waals surface area contributed by atoms with Crippen LogP contribution in [0.3, 0.4) is 0 Å². The van der Waals surface area contributed by atoms with E-state index in [1.165, 1.54) is 19.3 Å². The van der Waals surface area contributed by atoms with Crippen LogP contribution >= 0.6 is 0 Å². The predicted octanol–water partition coefficient (Wildman–Crippen LogP) is 3.56. The molecule has 2 aromatic rings. The van der Waals surface area contributed by atoms with Gasteiger partial charge in [-0.1, -0.05) is 37.5 Å². The van der Waals surface area contributed by atoms with Gasteiger partial charge < -0.3 is 10.1 Å². The zero-order valence-electron chi connectivity index (χ0n) is 12.4. The first-order valence-corrected chi connectivity index (χ1v) is 7.69. The highest BCUT2D eigenvalue weighted by Gasteiger charge is 2.32. The molecule has 2 N–H and O–H groups in total. The lowest BCUT2D eigenvalue weighted by atomic mass is 9.92. The van der Waals surface area contributed by atoms with Crippen molar-refractivity contribution in [1.82, 2.24) is 9.88 Å². The molecule has 1 aliphatic carbocycles. The molecule has 1 aromatic carbocycles. The van der Waals surface area contributed by atoms with Crippen LogP contribution in [0.15, 0.2) is 30.5 Å². The molecule has 3 rings (SSSR count). The van der Waals surface area contributed by atoms with Crippen molar-refractivity contribution >= 4 is 16.9 Å². The summed E-state index contributed by atoms with van der Waals surface area (Å²) >= 11 is 0. The number of aromatic nitrogens is 1. The summed E-state index contributed by atoms with van der Waals surface area (Å²) in [5, 5.41) is 10.8. The van der Waals surface area contributed by atoms with Crippen LogP contribution in [0.25, 0.3) is 10.9 Å². The Kier molecular flexibility index (Phi) is 3.97. The van der Waals surface area contributed by atoms with Crippen molar-refractivity contribution in [1.29, 1.82) is 0 Å². The maximum atomic E-state index is 11.9. The molecule has 0 amide bonds. The van der Waals surface area contributed by atoms with Crippen LogP contribution in [-0.2, 0) is 4.79 Å². The summed E-state index contributed by atoms with van der Waals surface area (Å²) in [6.07, 6.45) is 7.73. The van der Waals surface area contributed by atoms with Gasteiger partial charge in [-0.2, -0.15) is 0 Å². The van der Waals surface area contributed by atoms with Gasteiger partial charge in [0.15, 0.2) is 0 Å². The lowest BCUT2D eigenvalue weighted by Gasteiger charge is -2.35. The fourth-order valence-electron chi connectivity index (χ4n) is 3.55. The summed E-state index contributed by atoms with van der Waals surface area (Å²) in [5.41, 5.74) is 1.86. The standard InChI is InChI=1S/C17H22N2O2/c1-19(12-7-3-2-4-8-12)16(17(20)21)14-11-18-15-10-6-5-9-13(14)15/h5-6,9-12,16,18H,2-4,7-8H2,1H3,(H,20,21). The molecule has 0 spiro atoms. The molecule has 0 saturated heterocycles. The van der Waals surface area contributed by atoms with E-state index >= 15 is 0 Å². The van der Waals surface area contributed by atoms with Crippen LogP contribution in [0.4, 0.5) is 0 Å². The van der Waals surface area contributed by atoms with Crippen molar-refractivity contribution in [3.05, 3.63) is 36.0 Å². The van der Waals surface area contributed by atoms with Gasteiger partial charge >= 0.3 is 5.97 Å². The van der Waals surface area contributed by atoms with E-state index in [0.717, 1.165) is 29.3 Å². The summed E-state index contributed by atoms with van der Waals surface area (Å²) in [6.45, 7) is 0. The van der Waals surface area contributed by atoms with Crippen LogP contribution in [0.2, 0.25) is 0 Å². The second-order valence-corrected chi connectivity index (χ2v) is 5.99. The van der Waals surface area contributed by atoms with Crippen LogP contribution in [-0.4, -0.2) is 34.0 Å². The third kappa shape index (κ3) is 2.68. The molecular formula is C17H22N2O2. The molecule has 0 aliphatic heterocycles. The summed E-state index contributed by atoms with van der Waals surface area (Å²) in [4.78, 5) is 17.1. The Morgan fingerprint density at radius 1 is 1.29 bits per heavy atom. The summed E-state index contributed by atoms with van der Waals surface area (Å²) in [5.74, 6) is -0.771. The topological polar surface area (TPSA) is 56.3 Å². The van der Waals surface area contributed by atoms with Crippen molar-refractivity contribution < 1.29 is 9.90 Å². The number of nitrogens with zero attached hydrogens (tertiary/aromatic N) is 1. The van der Waals surface area contributed by atoms with E-state index in [4.69, 9.17) is 0 Å².